The molecule has 0 aliphatic carbocycles. The van der Waals surface area contributed by atoms with Gasteiger partial charge >= 0.3 is 7.75 Å². The van der Waals surface area contributed by atoms with E-state index in [4.69, 9.17) is 18.5 Å². The Morgan fingerprint density at radius 1 is 0.789 bits per heavy atom. The van der Waals surface area contributed by atoms with E-state index in [1.807, 2.05) is 30.3 Å². The first kappa shape index (κ1) is 28.1. The Morgan fingerprint density at radius 3 is 1.63 bits per heavy atom. The fourth-order valence-electron chi connectivity index (χ4n) is 6.72. The summed E-state index contributed by atoms with van der Waals surface area (Å²) in [4.78, 5) is 31.1. The van der Waals surface area contributed by atoms with Gasteiger partial charge < -0.3 is 9.47 Å². The van der Waals surface area contributed by atoms with Crippen LogP contribution in [-0.2, 0) is 39.2 Å². The molecule has 0 amide bonds. The lowest BCUT2D eigenvalue weighted by Gasteiger charge is -2.53. The van der Waals surface area contributed by atoms with Crippen molar-refractivity contribution in [2.24, 2.45) is 11.8 Å². The summed E-state index contributed by atoms with van der Waals surface area (Å²) >= 11 is 0. The van der Waals surface area contributed by atoms with E-state index < -0.39 is 18.8 Å². The van der Waals surface area contributed by atoms with Gasteiger partial charge in [-0.3, -0.25) is 28.4 Å². The number of piperidine rings is 6. The van der Waals surface area contributed by atoms with Crippen molar-refractivity contribution in [3.05, 3.63) is 35.9 Å². The molecular formula is C27H40N3O7P. The van der Waals surface area contributed by atoms with Crippen LogP contribution < -0.4 is 5.09 Å². The van der Waals surface area contributed by atoms with E-state index in [-0.39, 0.29) is 56.4 Å². The largest absolute Gasteiger partial charge is 0.405 e. The summed E-state index contributed by atoms with van der Waals surface area (Å²) in [5.74, 6) is 0.0791. The van der Waals surface area contributed by atoms with E-state index >= 15 is 0 Å². The normalized spacial score (nSPS) is 35.9. The van der Waals surface area contributed by atoms with Crippen LogP contribution in [-0.4, -0.2) is 99.3 Å². The molecule has 0 spiro atoms. The fraction of sp³-hybridized carbons (Fsp3) is 0.704. The number of carbonyl (C=O) groups excluding carboxylic acids is 2. The average molecular weight is 550 g/mol. The highest BCUT2D eigenvalue weighted by molar-refractivity contribution is 7.51. The molecular weight excluding hydrogens is 509 g/mol. The van der Waals surface area contributed by atoms with Crippen molar-refractivity contribution in [3.8, 4) is 0 Å². The molecule has 0 unspecified atom stereocenters. The van der Waals surface area contributed by atoms with Crippen LogP contribution >= 0.6 is 7.75 Å². The Balaban J connectivity index is 1.37. The van der Waals surface area contributed by atoms with Gasteiger partial charge in [-0.2, -0.15) is 0 Å². The molecule has 7 rings (SSSR count). The molecule has 1 aromatic carbocycles. The minimum atomic E-state index is -3.97. The highest BCUT2D eigenvalue weighted by atomic mass is 31.2. The number of hydrogen-bond donors (Lipinski definition) is 1. The van der Waals surface area contributed by atoms with Crippen molar-refractivity contribution < 1.29 is 32.7 Å². The Kier molecular flexibility index (Phi) is 8.53. The number of nitrogens with one attached hydrogen (secondary N) is 1. The second-order valence-corrected chi connectivity index (χ2v) is 12.9. The van der Waals surface area contributed by atoms with Crippen LogP contribution in [0.1, 0.15) is 31.2 Å². The third kappa shape index (κ3) is 5.18. The second kappa shape index (κ2) is 11.6. The molecule has 0 aromatic heterocycles. The highest BCUT2D eigenvalue weighted by Gasteiger charge is 2.56. The van der Waals surface area contributed by atoms with Gasteiger partial charge in [-0.25, -0.2) is 9.65 Å². The van der Waals surface area contributed by atoms with Crippen molar-refractivity contribution in [2.75, 3.05) is 66.8 Å². The van der Waals surface area contributed by atoms with Crippen molar-refractivity contribution in [1.82, 2.24) is 14.9 Å². The summed E-state index contributed by atoms with van der Waals surface area (Å²) < 4.78 is 37.5. The summed E-state index contributed by atoms with van der Waals surface area (Å²) in [5.41, 5.74) is -1.10. The highest BCUT2D eigenvalue weighted by Crippen LogP contribution is 2.49. The molecule has 11 heteroatoms. The lowest BCUT2D eigenvalue weighted by atomic mass is 9.74. The summed E-state index contributed by atoms with van der Waals surface area (Å²) in [6, 6.07) is 9.55. The molecule has 0 saturated carbocycles. The molecule has 210 valence electrons. The Hall–Kier alpha value is -1.49. The number of methoxy groups -OCH3 is 2. The van der Waals surface area contributed by atoms with Gasteiger partial charge in [-0.05, 0) is 57.4 Å². The molecule has 1 N–H and O–H groups in total. The van der Waals surface area contributed by atoms with Gasteiger partial charge in [0.25, 0.3) is 0 Å². The van der Waals surface area contributed by atoms with Crippen LogP contribution in [0.4, 0.5) is 0 Å². The zero-order chi connectivity index (χ0) is 26.8. The first-order chi connectivity index (χ1) is 18.4. The maximum absolute atomic E-state index is 14.3. The minimum absolute atomic E-state index is 0.0375. The third-order valence-electron chi connectivity index (χ3n) is 8.89. The number of nitrogens with zero attached hydrogens (tertiary/aromatic N) is 2. The van der Waals surface area contributed by atoms with Crippen molar-refractivity contribution in [2.45, 2.75) is 43.3 Å². The van der Waals surface area contributed by atoms with E-state index in [0.29, 0.717) is 0 Å². The molecule has 2 atom stereocenters. The van der Waals surface area contributed by atoms with Crippen molar-refractivity contribution in [1.29, 1.82) is 0 Å². The quantitative estimate of drug-likeness (QED) is 0.369. The number of fused-ring (bicyclic) bond motifs is 6. The van der Waals surface area contributed by atoms with Gasteiger partial charge in [-0.15, -0.1) is 0 Å². The summed E-state index contributed by atoms with van der Waals surface area (Å²) in [6.45, 7) is 3.40. The van der Waals surface area contributed by atoms with Gasteiger partial charge in [0.1, 0.15) is 11.1 Å². The van der Waals surface area contributed by atoms with E-state index in [9.17, 15) is 14.2 Å². The van der Waals surface area contributed by atoms with Gasteiger partial charge in [0, 0.05) is 32.6 Å². The SMILES string of the molecule is COC[C@@]1(COP(=O)(NCc2ccccc2)OC[C@]2(COC)C(=O)C3CCN2CC3)C(=O)C2CCN1CC2. The van der Waals surface area contributed by atoms with E-state index in [2.05, 4.69) is 14.9 Å². The van der Waals surface area contributed by atoms with Crippen LogP contribution in [0.15, 0.2) is 30.3 Å². The third-order valence-corrected chi connectivity index (χ3v) is 10.4. The van der Waals surface area contributed by atoms with Gasteiger partial charge in [-0.1, -0.05) is 30.3 Å². The molecule has 4 bridgehead atoms. The molecule has 6 saturated heterocycles. The predicted molar refractivity (Wildman–Crippen MR) is 141 cm³/mol. The zero-order valence-corrected chi connectivity index (χ0v) is 23.3. The molecule has 38 heavy (non-hydrogen) atoms. The Morgan fingerprint density at radius 2 is 1.24 bits per heavy atom. The molecule has 6 aliphatic rings. The minimum Gasteiger partial charge on any atom is -0.382 e. The molecule has 6 aliphatic heterocycles. The first-order valence-corrected chi connectivity index (χ1v) is 15.1. The van der Waals surface area contributed by atoms with Gasteiger partial charge in [0.05, 0.1) is 26.4 Å². The average Bonchev–Trinajstić information content (AvgIpc) is 2.96. The number of benzene rings is 1. The lowest BCUT2D eigenvalue weighted by Crippen LogP contribution is -2.69. The van der Waals surface area contributed by atoms with E-state index in [1.165, 1.54) is 0 Å². The summed E-state index contributed by atoms with van der Waals surface area (Å²) in [5, 5.41) is 3.00. The summed E-state index contributed by atoms with van der Waals surface area (Å²) in [7, 11) is -0.838. The lowest BCUT2D eigenvalue weighted by molar-refractivity contribution is -0.158. The molecule has 6 heterocycles. The Labute approximate surface area is 224 Å². The van der Waals surface area contributed by atoms with Gasteiger partial charge in [0.15, 0.2) is 11.6 Å². The number of ketones is 2. The predicted octanol–water partition coefficient (Wildman–Crippen LogP) is 2.28. The Bertz CT molecular complexity index is 984. The van der Waals surface area contributed by atoms with Gasteiger partial charge in [0.2, 0.25) is 0 Å². The molecule has 10 nitrogen and oxygen atoms in total. The van der Waals surface area contributed by atoms with Crippen molar-refractivity contribution >= 4 is 19.3 Å². The van der Waals surface area contributed by atoms with Crippen LogP contribution in [0.5, 0.6) is 0 Å². The van der Waals surface area contributed by atoms with E-state index in [1.54, 1.807) is 14.2 Å². The van der Waals surface area contributed by atoms with Crippen LogP contribution in [0, 0.1) is 11.8 Å². The molecule has 6 fully saturated rings. The smallest absolute Gasteiger partial charge is 0.382 e. The van der Waals surface area contributed by atoms with Crippen LogP contribution in [0.25, 0.3) is 0 Å². The van der Waals surface area contributed by atoms with E-state index in [0.717, 1.165) is 57.4 Å². The second-order valence-electron chi connectivity index (χ2n) is 11.0. The van der Waals surface area contributed by atoms with Crippen molar-refractivity contribution in [3.63, 3.8) is 0 Å². The number of ether oxygens (including phenoxy) is 2. The number of carbonyl (C=O) groups is 2. The standard InChI is InChI=1S/C27H40N3O7P/c1-34-17-26(24(31)22-8-12-29(26)13-9-22)19-36-38(33,28-16-21-6-4-3-5-7-21)37-20-27(18-35-2)25(32)23-10-14-30(27)15-11-23/h3-7,22-23H,8-20H2,1-2H3,(H,28,33)/t26-,27-/m1/s1. The van der Waals surface area contributed by atoms with Crippen LogP contribution in [0.2, 0.25) is 0 Å². The summed E-state index contributed by atoms with van der Waals surface area (Å²) in [6.07, 6.45) is 3.29. The zero-order valence-electron chi connectivity index (χ0n) is 22.4. The monoisotopic (exact) mass is 549 g/mol. The molecule has 0 radical (unpaired) electrons. The first-order valence-electron chi connectivity index (χ1n) is 13.6. The number of hydrogen-bond acceptors (Lipinski definition) is 9. The fourth-order valence-corrected chi connectivity index (χ4v) is 8.12. The molecule has 1 aromatic rings. The maximum Gasteiger partial charge on any atom is 0.405 e. The number of rotatable bonds is 13. The topological polar surface area (TPSA) is 107 Å². The van der Waals surface area contributed by atoms with Crippen LogP contribution in [0.3, 0.4) is 0 Å². The number of Topliss-reactive ketones (excluding diaryl/α,β-unsaturated/α-hetero) is 2. The maximum atomic E-state index is 14.3.